The van der Waals surface area contributed by atoms with E-state index in [2.05, 4.69) is 47.1 Å². The van der Waals surface area contributed by atoms with E-state index in [4.69, 9.17) is 11.2 Å². The summed E-state index contributed by atoms with van der Waals surface area (Å²) in [4.78, 5) is 40.6. The van der Waals surface area contributed by atoms with Gasteiger partial charge in [-0.1, -0.05) is 45.8 Å². The van der Waals surface area contributed by atoms with Crippen LogP contribution in [0.4, 0.5) is 0 Å². The largest absolute Gasteiger partial charge is 0.452 e. The zero-order chi connectivity index (χ0) is 26.3. The van der Waals surface area contributed by atoms with Gasteiger partial charge in [0.05, 0.1) is 5.41 Å². The Morgan fingerprint density at radius 3 is 2.42 bits per heavy atom. The molecule has 0 aromatic rings. The van der Waals surface area contributed by atoms with Crippen molar-refractivity contribution in [3.05, 3.63) is 12.2 Å². The fraction of sp³-hybridized carbons (Fsp3) is 0.781. The second kappa shape index (κ2) is 8.31. The Bertz CT molecular complexity index is 1050. The topological polar surface area (TPSA) is 60.4 Å². The number of carbonyl (C=O) groups is 3. The van der Waals surface area contributed by atoms with E-state index >= 15 is 0 Å². The Morgan fingerprint density at radius 1 is 1.03 bits per heavy atom. The van der Waals surface area contributed by atoms with Gasteiger partial charge in [0.1, 0.15) is 11.6 Å². The fourth-order valence-electron chi connectivity index (χ4n) is 10.9. The standard InChI is InChI=1S/C32H44O4/c1-8-17-36-28(35)32-14-9-21(19(2)3)26(32)23-18-25(34)27-29(5)12-11-24(33)20(4)22(29)10-13-31(27,7)30(23,6)15-16-32/h1,20-23,26-27H,2,9-18H2,3-7H3/t20-,21+,22+,23-,26-,27-,29+,30-,31-,32+/m1/s1. The molecule has 0 aromatic carbocycles. The van der Waals surface area contributed by atoms with Crippen molar-refractivity contribution >= 4 is 17.5 Å². The summed E-state index contributed by atoms with van der Waals surface area (Å²) in [7, 11) is 0. The molecule has 4 nitrogen and oxygen atoms in total. The number of fused-ring (bicyclic) bond motifs is 7. The first kappa shape index (κ1) is 25.7. The summed E-state index contributed by atoms with van der Waals surface area (Å²) in [5.41, 5.74) is 0.222. The number of rotatable bonds is 3. The summed E-state index contributed by atoms with van der Waals surface area (Å²) < 4.78 is 5.62. The average Bonchev–Trinajstić information content (AvgIpc) is 3.23. The van der Waals surface area contributed by atoms with Gasteiger partial charge < -0.3 is 4.74 Å². The lowest BCUT2D eigenvalue weighted by Crippen LogP contribution is -2.68. The van der Waals surface area contributed by atoms with Crippen LogP contribution >= 0.6 is 0 Å². The van der Waals surface area contributed by atoms with Gasteiger partial charge in [-0.05, 0) is 91.8 Å². The molecule has 0 heterocycles. The van der Waals surface area contributed by atoms with Crippen LogP contribution in [0, 0.1) is 69.5 Å². The van der Waals surface area contributed by atoms with Gasteiger partial charge in [-0.2, -0.15) is 0 Å². The minimum Gasteiger partial charge on any atom is -0.452 e. The Morgan fingerprint density at radius 2 is 1.75 bits per heavy atom. The van der Waals surface area contributed by atoms with Crippen LogP contribution < -0.4 is 0 Å². The maximum atomic E-state index is 14.3. The number of Topliss-reactive ketones (excluding diaryl/α,β-unsaturated/α-hetero) is 2. The Kier molecular flexibility index (Phi) is 5.94. The highest BCUT2D eigenvalue weighted by atomic mass is 16.5. The SMILES string of the molecule is C#CCOC(=O)[C@]12CC[C@@H](C(=C)C)[C@@H]1[C@H]1CC(=O)[C@@H]3[C@@]4(C)CCC(=O)[C@H](C)[C@@H]4CC[C@@]3(C)[C@]1(C)CC2. The molecular formula is C32H44O4. The summed E-state index contributed by atoms with van der Waals surface area (Å²) in [5, 5.41) is 0. The number of esters is 1. The number of ketones is 2. The number of hydrogen-bond acceptors (Lipinski definition) is 4. The monoisotopic (exact) mass is 492 g/mol. The molecule has 0 aromatic heterocycles. The minimum absolute atomic E-state index is 0.00233. The van der Waals surface area contributed by atoms with Crippen LogP contribution in [0.2, 0.25) is 0 Å². The number of terminal acetylenes is 1. The van der Waals surface area contributed by atoms with E-state index in [9.17, 15) is 14.4 Å². The number of hydrogen-bond donors (Lipinski definition) is 0. The van der Waals surface area contributed by atoms with Crippen LogP contribution in [-0.4, -0.2) is 24.1 Å². The predicted octanol–water partition coefficient (Wildman–Crippen LogP) is 6.18. The quantitative estimate of drug-likeness (QED) is 0.268. The predicted molar refractivity (Wildman–Crippen MR) is 140 cm³/mol. The molecule has 5 rings (SSSR count). The molecule has 0 saturated heterocycles. The number of allylic oxidation sites excluding steroid dienone is 1. The summed E-state index contributed by atoms with van der Waals surface area (Å²) in [6.07, 6.45) is 12.8. The molecule has 0 aliphatic heterocycles. The van der Waals surface area contributed by atoms with E-state index in [-0.39, 0.29) is 64.3 Å². The maximum Gasteiger partial charge on any atom is 0.313 e. The lowest BCUT2D eigenvalue weighted by molar-refractivity contribution is -0.223. The van der Waals surface area contributed by atoms with Crippen molar-refractivity contribution in [1.82, 2.24) is 0 Å². The first-order chi connectivity index (χ1) is 16.9. The second-order valence-electron chi connectivity index (χ2n) is 13.9. The first-order valence-electron chi connectivity index (χ1n) is 14.2. The summed E-state index contributed by atoms with van der Waals surface area (Å²) in [5.74, 6) is 3.77. The van der Waals surface area contributed by atoms with Gasteiger partial charge in [-0.15, -0.1) is 6.42 Å². The van der Waals surface area contributed by atoms with Crippen molar-refractivity contribution in [2.75, 3.05) is 6.61 Å². The Hall–Kier alpha value is -1.89. The molecule has 0 bridgehead atoms. The normalized spacial score (nSPS) is 49.7. The highest BCUT2D eigenvalue weighted by molar-refractivity contribution is 5.87. The highest BCUT2D eigenvalue weighted by Gasteiger charge is 2.73. The summed E-state index contributed by atoms with van der Waals surface area (Å²) >= 11 is 0. The lowest BCUT2D eigenvalue weighted by Gasteiger charge is -2.70. The molecule has 0 spiro atoms. The zero-order valence-electron chi connectivity index (χ0n) is 23.0. The zero-order valence-corrected chi connectivity index (χ0v) is 23.0. The highest BCUT2D eigenvalue weighted by Crippen LogP contribution is 2.76. The third-order valence-corrected chi connectivity index (χ3v) is 12.8. The maximum absolute atomic E-state index is 14.3. The van der Waals surface area contributed by atoms with E-state index in [1.807, 2.05) is 0 Å². The molecule has 10 atom stereocenters. The van der Waals surface area contributed by atoms with Gasteiger partial charge in [-0.25, -0.2) is 0 Å². The summed E-state index contributed by atoms with van der Waals surface area (Å²) in [6.45, 7) is 15.7. The van der Waals surface area contributed by atoms with Crippen LogP contribution in [0.3, 0.4) is 0 Å². The molecule has 36 heavy (non-hydrogen) atoms. The van der Waals surface area contributed by atoms with Crippen molar-refractivity contribution in [1.29, 1.82) is 0 Å². The molecule has 5 saturated carbocycles. The van der Waals surface area contributed by atoms with E-state index < -0.39 is 5.41 Å². The van der Waals surface area contributed by atoms with Crippen LogP contribution in [0.5, 0.6) is 0 Å². The van der Waals surface area contributed by atoms with Gasteiger partial charge in [0, 0.05) is 24.7 Å². The van der Waals surface area contributed by atoms with Gasteiger partial charge in [0.2, 0.25) is 0 Å². The Balaban J connectivity index is 1.59. The smallest absolute Gasteiger partial charge is 0.313 e. The molecular weight excluding hydrogens is 448 g/mol. The summed E-state index contributed by atoms with van der Waals surface area (Å²) in [6, 6.07) is 0. The van der Waals surface area contributed by atoms with E-state index in [0.717, 1.165) is 50.5 Å². The van der Waals surface area contributed by atoms with Gasteiger partial charge >= 0.3 is 5.97 Å². The van der Waals surface area contributed by atoms with Crippen LogP contribution in [0.1, 0.15) is 92.4 Å². The molecule has 5 aliphatic carbocycles. The second-order valence-corrected chi connectivity index (χ2v) is 13.9. The van der Waals surface area contributed by atoms with Gasteiger partial charge in [0.25, 0.3) is 0 Å². The minimum atomic E-state index is -0.568. The molecule has 0 radical (unpaired) electrons. The number of carbonyl (C=O) groups excluding carboxylic acids is 3. The third kappa shape index (κ3) is 3.10. The molecule has 0 amide bonds. The van der Waals surface area contributed by atoms with Crippen molar-refractivity contribution in [3.8, 4) is 12.3 Å². The molecule has 0 N–H and O–H groups in total. The molecule has 5 fully saturated rings. The van der Waals surface area contributed by atoms with Crippen molar-refractivity contribution in [3.63, 3.8) is 0 Å². The van der Waals surface area contributed by atoms with E-state index in [1.165, 1.54) is 0 Å². The molecule has 4 heteroatoms. The van der Waals surface area contributed by atoms with E-state index in [0.29, 0.717) is 24.4 Å². The molecule has 196 valence electrons. The molecule has 5 aliphatic rings. The van der Waals surface area contributed by atoms with Gasteiger partial charge in [-0.3, -0.25) is 14.4 Å². The van der Waals surface area contributed by atoms with E-state index in [1.54, 1.807) is 0 Å². The first-order valence-corrected chi connectivity index (χ1v) is 14.2. The third-order valence-electron chi connectivity index (χ3n) is 12.8. The van der Waals surface area contributed by atoms with Gasteiger partial charge in [0.15, 0.2) is 6.61 Å². The van der Waals surface area contributed by atoms with Crippen LogP contribution in [-0.2, 0) is 19.1 Å². The number of ether oxygens (including phenoxy) is 1. The van der Waals surface area contributed by atoms with Crippen LogP contribution in [0.25, 0.3) is 0 Å². The van der Waals surface area contributed by atoms with Crippen molar-refractivity contribution < 1.29 is 19.1 Å². The van der Waals surface area contributed by atoms with Crippen LogP contribution in [0.15, 0.2) is 12.2 Å². The van der Waals surface area contributed by atoms with Crippen molar-refractivity contribution in [2.24, 2.45) is 57.2 Å². The lowest BCUT2D eigenvalue weighted by atomic mass is 9.33. The molecule has 0 unspecified atom stereocenters. The fourth-order valence-corrected chi connectivity index (χ4v) is 10.9. The van der Waals surface area contributed by atoms with Crippen molar-refractivity contribution in [2.45, 2.75) is 92.4 Å². The average molecular weight is 493 g/mol. The Labute approximate surface area is 217 Å².